The molecule has 1 aromatic rings. The van der Waals surface area contributed by atoms with Crippen molar-refractivity contribution < 1.29 is 0 Å². The second-order valence-corrected chi connectivity index (χ2v) is 4.01. The molecule has 3 nitrogen and oxygen atoms in total. The summed E-state index contributed by atoms with van der Waals surface area (Å²) in [5.41, 5.74) is 9.91. The van der Waals surface area contributed by atoms with Crippen LogP contribution in [-0.2, 0) is 0 Å². The highest BCUT2D eigenvalue weighted by molar-refractivity contribution is 5.62. The normalized spacial score (nSPS) is 14.7. The Hall–Kier alpha value is -1.77. The Labute approximate surface area is 96.1 Å². The Morgan fingerprint density at radius 2 is 2.25 bits per heavy atom. The van der Waals surface area contributed by atoms with E-state index in [2.05, 4.69) is 23.3 Å². The minimum absolute atomic E-state index is 0.779. The Morgan fingerprint density at radius 1 is 1.38 bits per heavy atom. The molecule has 0 saturated carbocycles. The highest BCUT2D eigenvalue weighted by Crippen LogP contribution is 2.18. The van der Waals surface area contributed by atoms with Crippen LogP contribution in [-0.4, -0.2) is 12.8 Å². The molecule has 0 radical (unpaired) electrons. The number of nitrogens with one attached hydrogen (secondary N) is 1. The largest absolute Gasteiger partial charge is 0.399 e. The lowest BCUT2D eigenvalue weighted by molar-refractivity contribution is 1.01. The zero-order valence-electron chi connectivity index (χ0n) is 9.53. The van der Waals surface area contributed by atoms with Crippen LogP contribution in [0.15, 0.2) is 35.0 Å². The van der Waals surface area contributed by atoms with Gasteiger partial charge >= 0.3 is 0 Å². The molecule has 1 aliphatic heterocycles. The third-order valence-corrected chi connectivity index (χ3v) is 2.64. The lowest BCUT2D eigenvalue weighted by atomic mass is 10.1. The standard InChI is InChI=1S/C13H17N3/c1-10-8-11(14)5-6-13(10)16-9-12-4-2-3-7-15-12/h4-8,16H,2-3,9,14H2,1H3. The van der Waals surface area contributed by atoms with Gasteiger partial charge in [0.2, 0.25) is 0 Å². The SMILES string of the molecule is Cc1cc(N)ccc1NCC1=CCCC=N1. The maximum absolute atomic E-state index is 5.70. The molecular formula is C13H17N3. The third-order valence-electron chi connectivity index (χ3n) is 2.64. The molecule has 0 bridgehead atoms. The molecule has 3 N–H and O–H groups in total. The van der Waals surface area contributed by atoms with Crippen LogP contribution < -0.4 is 11.1 Å². The van der Waals surface area contributed by atoms with Gasteiger partial charge in [-0.1, -0.05) is 6.08 Å². The molecule has 1 aromatic carbocycles. The average Bonchev–Trinajstić information content (AvgIpc) is 2.29. The molecule has 84 valence electrons. The fraction of sp³-hybridized carbons (Fsp3) is 0.308. The Morgan fingerprint density at radius 3 is 2.94 bits per heavy atom. The summed E-state index contributed by atoms with van der Waals surface area (Å²) in [5, 5.41) is 3.37. The number of nitrogen functional groups attached to an aromatic ring is 1. The minimum Gasteiger partial charge on any atom is -0.399 e. The summed E-state index contributed by atoms with van der Waals surface area (Å²) >= 11 is 0. The van der Waals surface area contributed by atoms with Crippen LogP contribution in [0.5, 0.6) is 0 Å². The van der Waals surface area contributed by atoms with E-state index in [0.29, 0.717) is 0 Å². The van der Waals surface area contributed by atoms with Crippen LogP contribution >= 0.6 is 0 Å². The molecule has 0 atom stereocenters. The van der Waals surface area contributed by atoms with Crippen LogP contribution in [0.1, 0.15) is 18.4 Å². The first-order chi connectivity index (χ1) is 7.75. The molecule has 0 aliphatic carbocycles. The topological polar surface area (TPSA) is 50.4 Å². The summed E-state index contributed by atoms with van der Waals surface area (Å²) in [6, 6.07) is 5.90. The number of anilines is 2. The molecular weight excluding hydrogens is 198 g/mol. The predicted molar refractivity (Wildman–Crippen MR) is 69.9 cm³/mol. The number of aliphatic imine (C=N–C) groups is 1. The van der Waals surface area contributed by atoms with E-state index in [-0.39, 0.29) is 0 Å². The highest BCUT2D eigenvalue weighted by atomic mass is 14.9. The van der Waals surface area contributed by atoms with Crippen molar-refractivity contribution >= 4 is 17.6 Å². The molecule has 1 heterocycles. The lowest BCUT2D eigenvalue weighted by Crippen LogP contribution is -2.06. The number of allylic oxidation sites excluding steroid dienone is 1. The Bertz CT molecular complexity index is 433. The summed E-state index contributed by atoms with van der Waals surface area (Å²) < 4.78 is 0. The van der Waals surface area contributed by atoms with Crippen LogP contribution in [0.3, 0.4) is 0 Å². The second kappa shape index (κ2) is 4.84. The number of nitrogens with two attached hydrogens (primary N) is 1. The van der Waals surface area contributed by atoms with Gasteiger partial charge in [0.1, 0.15) is 0 Å². The van der Waals surface area contributed by atoms with E-state index in [4.69, 9.17) is 5.73 Å². The van der Waals surface area contributed by atoms with Gasteiger partial charge in [0.15, 0.2) is 0 Å². The molecule has 0 amide bonds. The van der Waals surface area contributed by atoms with Gasteiger partial charge < -0.3 is 11.1 Å². The molecule has 16 heavy (non-hydrogen) atoms. The van der Waals surface area contributed by atoms with E-state index >= 15 is 0 Å². The van der Waals surface area contributed by atoms with Crippen LogP contribution in [0.25, 0.3) is 0 Å². The van der Waals surface area contributed by atoms with Gasteiger partial charge in [-0.05, 0) is 43.5 Å². The number of hydrogen-bond donors (Lipinski definition) is 2. The Balaban J connectivity index is 1.99. The van der Waals surface area contributed by atoms with Crippen LogP contribution in [0.2, 0.25) is 0 Å². The number of nitrogens with zero attached hydrogens (tertiary/aromatic N) is 1. The summed E-state index contributed by atoms with van der Waals surface area (Å²) in [5.74, 6) is 0. The van der Waals surface area contributed by atoms with E-state index < -0.39 is 0 Å². The monoisotopic (exact) mass is 215 g/mol. The maximum Gasteiger partial charge on any atom is 0.0570 e. The van der Waals surface area contributed by atoms with E-state index in [1.54, 1.807) is 0 Å². The minimum atomic E-state index is 0.779. The highest BCUT2D eigenvalue weighted by Gasteiger charge is 2.01. The van der Waals surface area contributed by atoms with E-state index in [0.717, 1.165) is 36.5 Å². The molecule has 0 aromatic heterocycles. The summed E-state index contributed by atoms with van der Waals surface area (Å²) in [6.07, 6.45) is 6.32. The zero-order chi connectivity index (χ0) is 11.4. The van der Waals surface area contributed by atoms with Crippen molar-refractivity contribution in [2.75, 3.05) is 17.6 Å². The summed E-state index contributed by atoms with van der Waals surface area (Å²) in [7, 11) is 0. The summed E-state index contributed by atoms with van der Waals surface area (Å²) in [4.78, 5) is 4.34. The van der Waals surface area contributed by atoms with Crippen molar-refractivity contribution in [2.45, 2.75) is 19.8 Å². The second-order valence-electron chi connectivity index (χ2n) is 4.01. The third kappa shape index (κ3) is 2.63. The molecule has 1 aliphatic rings. The van der Waals surface area contributed by atoms with Crippen LogP contribution in [0, 0.1) is 6.92 Å². The van der Waals surface area contributed by atoms with E-state index in [9.17, 15) is 0 Å². The first kappa shape index (κ1) is 10.7. The van der Waals surface area contributed by atoms with Gasteiger partial charge in [0, 0.05) is 17.6 Å². The smallest absolute Gasteiger partial charge is 0.0570 e. The van der Waals surface area contributed by atoms with Gasteiger partial charge in [0.25, 0.3) is 0 Å². The first-order valence-corrected chi connectivity index (χ1v) is 5.57. The van der Waals surface area contributed by atoms with E-state index in [1.165, 1.54) is 5.56 Å². The fourth-order valence-electron chi connectivity index (χ4n) is 1.75. The van der Waals surface area contributed by atoms with Crippen molar-refractivity contribution in [2.24, 2.45) is 4.99 Å². The molecule has 0 saturated heterocycles. The zero-order valence-corrected chi connectivity index (χ0v) is 9.53. The Kier molecular flexibility index (Phi) is 3.25. The number of benzene rings is 1. The molecule has 0 unspecified atom stereocenters. The van der Waals surface area contributed by atoms with Crippen molar-refractivity contribution in [1.82, 2.24) is 0 Å². The molecule has 3 heteroatoms. The average molecular weight is 215 g/mol. The number of rotatable bonds is 3. The quantitative estimate of drug-likeness (QED) is 0.762. The molecule has 0 spiro atoms. The van der Waals surface area contributed by atoms with Gasteiger partial charge in [-0.25, -0.2) is 0 Å². The molecule has 0 fully saturated rings. The molecule has 2 rings (SSSR count). The van der Waals surface area contributed by atoms with Crippen LogP contribution in [0.4, 0.5) is 11.4 Å². The van der Waals surface area contributed by atoms with Gasteiger partial charge in [-0.15, -0.1) is 0 Å². The number of hydrogen-bond acceptors (Lipinski definition) is 3. The van der Waals surface area contributed by atoms with Crippen molar-refractivity contribution in [3.63, 3.8) is 0 Å². The lowest BCUT2D eigenvalue weighted by Gasteiger charge is -2.11. The van der Waals surface area contributed by atoms with Gasteiger partial charge in [0.05, 0.1) is 12.2 Å². The summed E-state index contributed by atoms with van der Waals surface area (Å²) in [6.45, 7) is 2.83. The van der Waals surface area contributed by atoms with Crippen molar-refractivity contribution in [3.05, 3.63) is 35.5 Å². The number of aryl methyl sites for hydroxylation is 1. The fourth-order valence-corrected chi connectivity index (χ4v) is 1.75. The first-order valence-electron chi connectivity index (χ1n) is 5.57. The van der Waals surface area contributed by atoms with Gasteiger partial charge in [-0.2, -0.15) is 0 Å². The van der Waals surface area contributed by atoms with E-state index in [1.807, 2.05) is 24.4 Å². The maximum atomic E-state index is 5.70. The van der Waals surface area contributed by atoms with Crippen molar-refractivity contribution in [1.29, 1.82) is 0 Å². The van der Waals surface area contributed by atoms with Gasteiger partial charge in [-0.3, -0.25) is 4.99 Å². The van der Waals surface area contributed by atoms with Crippen molar-refractivity contribution in [3.8, 4) is 0 Å². The predicted octanol–water partition coefficient (Wildman–Crippen LogP) is 2.74.